The minimum atomic E-state index is -1.76. The van der Waals surface area contributed by atoms with E-state index in [2.05, 4.69) is 35.0 Å². The molecule has 2 aromatic carbocycles. The number of nitriles is 1. The van der Waals surface area contributed by atoms with Crippen molar-refractivity contribution in [2.45, 2.75) is 0 Å². The Morgan fingerprint density at radius 2 is 1.83 bits per heavy atom. The lowest BCUT2D eigenvalue weighted by Gasteiger charge is -2.34. The van der Waals surface area contributed by atoms with Crippen molar-refractivity contribution in [1.29, 1.82) is 5.26 Å². The highest BCUT2D eigenvalue weighted by Crippen LogP contribution is 2.25. The van der Waals surface area contributed by atoms with Gasteiger partial charge in [-0.2, -0.15) is 5.26 Å². The lowest BCUT2D eigenvalue weighted by molar-refractivity contribution is 0.313. The normalized spacial score (nSPS) is 17.8. The summed E-state index contributed by atoms with van der Waals surface area (Å²) in [5, 5.41) is 16.5. The summed E-state index contributed by atoms with van der Waals surface area (Å²) in [6.45, 7) is 4.23. The number of hydrogen-bond acceptors (Lipinski definition) is 5. The molecule has 1 atom stereocenters. The van der Waals surface area contributed by atoms with E-state index in [9.17, 15) is 4.55 Å². The summed E-state index contributed by atoms with van der Waals surface area (Å²) in [4.78, 5) is 4.81. The van der Waals surface area contributed by atoms with Gasteiger partial charge in [0.2, 0.25) is 0 Å². The van der Waals surface area contributed by atoms with Crippen molar-refractivity contribution in [2.24, 2.45) is 5.14 Å². The Morgan fingerprint density at radius 3 is 2.50 bits per heavy atom. The number of likely N-dealkylation sites (N-methyl/N-ethyl adjacent to an activating group) is 1. The van der Waals surface area contributed by atoms with Crippen molar-refractivity contribution < 1.29 is 4.55 Å². The van der Waals surface area contributed by atoms with Crippen LogP contribution in [0.1, 0.15) is 5.56 Å². The molecule has 1 saturated heterocycles. The Kier molecular flexibility index (Phi) is 5.07. The number of hydrogen-bond donors (Lipinski definition) is 1. The molecule has 124 valence electrons. The van der Waals surface area contributed by atoms with E-state index in [0.29, 0.717) is 0 Å². The summed E-state index contributed by atoms with van der Waals surface area (Å²) in [7, 11) is 2.15. The molecule has 24 heavy (non-hydrogen) atoms. The van der Waals surface area contributed by atoms with E-state index in [1.807, 2.05) is 24.3 Å². The van der Waals surface area contributed by atoms with Crippen molar-refractivity contribution in [3.8, 4) is 6.07 Å². The van der Waals surface area contributed by atoms with E-state index in [-0.39, 0.29) is 4.91 Å². The number of allylic oxidation sites excluding steroid dienone is 1. The molecular formula is C18H20N4OS. The topological polar surface area (TPSA) is 79.3 Å². The fraction of sp³-hybridized carbons (Fsp3) is 0.278. The zero-order chi connectivity index (χ0) is 17.1. The maximum atomic E-state index is 11.3. The first-order chi connectivity index (χ1) is 11.6. The smallest absolute Gasteiger partial charge is 0.250 e. The summed E-state index contributed by atoms with van der Waals surface area (Å²) in [5.41, 5.74) is 2.06. The average molecular weight is 340 g/mol. The van der Waals surface area contributed by atoms with Crippen molar-refractivity contribution in [1.82, 2.24) is 4.90 Å². The van der Waals surface area contributed by atoms with Gasteiger partial charge in [0.25, 0.3) is 4.91 Å². The Morgan fingerprint density at radius 1 is 1.17 bits per heavy atom. The number of fused-ring (bicyclic) bond motifs is 1. The molecule has 5 nitrogen and oxygen atoms in total. The van der Waals surface area contributed by atoms with Crippen molar-refractivity contribution >= 4 is 33.9 Å². The average Bonchev–Trinajstić information content (AvgIpc) is 2.59. The van der Waals surface area contributed by atoms with Crippen LogP contribution in [0.15, 0.2) is 41.3 Å². The molecular weight excluding hydrogens is 320 g/mol. The molecule has 1 unspecified atom stereocenters. The highest BCUT2D eigenvalue weighted by atomic mass is 32.2. The number of nitrogens with two attached hydrogens (primary N) is 1. The molecule has 0 aliphatic carbocycles. The third-order valence-corrected chi connectivity index (χ3v) is 4.98. The summed E-state index contributed by atoms with van der Waals surface area (Å²) >= 11 is -1.76. The number of piperazine rings is 1. The molecule has 1 aliphatic heterocycles. The van der Waals surface area contributed by atoms with Gasteiger partial charge < -0.3 is 14.4 Å². The maximum Gasteiger partial charge on any atom is 0.250 e. The minimum absolute atomic E-state index is 0.0726. The Labute approximate surface area is 145 Å². The van der Waals surface area contributed by atoms with Crippen LogP contribution in [0.3, 0.4) is 0 Å². The van der Waals surface area contributed by atoms with Crippen LogP contribution in [-0.2, 0) is 11.4 Å². The molecule has 6 heteroatoms. The van der Waals surface area contributed by atoms with E-state index in [0.717, 1.165) is 42.5 Å². The molecule has 0 radical (unpaired) electrons. The molecule has 0 bridgehead atoms. The van der Waals surface area contributed by atoms with Gasteiger partial charge in [-0.05, 0) is 41.6 Å². The Bertz CT molecular complexity index is 804. The van der Waals surface area contributed by atoms with Crippen LogP contribution in [0, 0.1) is 11.3 Å². The fourth-order valence-electron chi connectivity index (χ4n) is 2.89. The largest absolute Gasteiger partial charge is 0.593 e. The van der Waals surface area contributed by atoms with Gasteiger partial charge in [0.1, 0.15) is 0 Å². The van der Waals surface area contributed by atoms with Crippen molar-refractivity contribution in [2.75, 3.05) is 38.1 Å². The SMILES string of the molecule is CN1CCN(c2ccc3cc(/C=C(\C#N)[S+](N)[O-])ccc3c2)CC1. The van der Waals surface area contributed by atoms with Gasteiger partial charge in [-0.15, -0.1) is 5.14 Å². The predicted octanol–water partition coefficient (Wildman–Crippen LogP) is 2.08. The number of rotatable bonds is 3. The molecule has 1 fully saturated rings. The molecule has 0 amide bonds. The maximum absolute atomic E-state index is 11.3. The predicted molar refractivity (Wildman–Crippen MR) is 99.6 cm³/mol. The highest BCUT2D eigenvalue weighted by molar-refractivity contribution is 7.93. The molecule has 1 heterocycles. The molecule has 3 rings (SSSR count). The summed E-state index contributed by atoms with van der Waals surface area (Å²) in [6, 6.07) is 14.2. The van der Waals surface area contributed by atoms with Crippen LogP contribution in [-0.4, -0.2) is 42.7 Å². The molecule has 2 aromatic rings. The first-order valence-electron chi connectivity index (χ1n) is 7.82. The van der Waals surface area contributed by atoms with Gasteiger partial charge in [-0.3, -0.25) is 0 Å². The van der Waals surface area contributed by atoms with Gasteiger partial charge in [-0.1, -0.05) is 18.2 Å². The molecule has 0 aromatic heterocycles. The summed E-state index contributed by atoms with van der Waals surface area (Å²) < 4.78 is 11.3. The second-order valence-electron chi connectivity index (χ2n) is 6.00. The lowest BCUT2D eigenvalue weighted by atomic mass is 10.1. The quantitative estimate of drug-likeness (QED) is 0.683. The third kappa shape index (κ3) is 3.71. The van der Waals surface area contributed by atoms with Crippen molar-refractivity contribution in [3.05, 3.63) is 46.9 Å². The van der Waals surface area contributed by atoms with Crippen molar-refractivity contribution in [3.63, 3.8) is 0 Å². The number of benzene rings is 2. The second-order valence-corrected chi connectivity index (χ2v) is 7.03. The van der Waals surface area contributed by atoms with Gasteiger partial charge >= 0.3 is 0 Å². The van der Waals surface area contributed by atoms with Crippen LogP contribution in [0.25, 0.3) is 16.8 Å². The fourth-order valence-corrected chi connectivity index (χ4v) is 3.23. The molecule has 2 N–H and O–H groups in total. The first kappa shape index (κ1) is 16.8. The second kappa shape index (κ2) is 7.24. The lowest BCUT2D eigenvalue weighted by Crippen LogP contribution is -2.44. The molecule has 1 aliphatic rings. The minimum Gasteiger partial charge on any atom is -0.593 e. The van der Waals surface area contributed by atoms with E-state index in [1.54, 1.807) is 6.08 Å². The van der Waals surface area contributed by atoms with E-state index in [1.165, 1.54) is 5.69 Å². The van der Waals surface area contributed by atoms with Crippen LogP contribution in [0.4, 0.5) is 5.69 Å². The first-order valence-corrected chi connectivity index (χ1v) is 9.03. The van der Waals surface area contributed by atoms with Gasteiger partial charge in [0, 0.05) is 37.9 Å². The molecule has 0 saturated carbocycles. The van der Waals surface area contributed by atoms with Crippen LogP contribution >= 0.6 is 0 Å². The Balaban J connectivity index is 1.88. The molecule has 0 spiro atoms. The van der Waals surface area contributed by atoms with E-state index < -0.39 is 11.4 Å². The van der Waals surface area contributed by atoms with E-state index >= 15 is 0 Å². The number of anilines is 1. The zero-order valence-electron chi connectivity index (χ0n) is 13.6. The van der Waals surface area contributed by atoms with Gasteiger partial charge in [0.05, 0.1) is 11.4 Å². The van der Waals surface area contributed by atoms with Gasteiger partial charge in [0.15, 0.2) is 6.07 Å². The van der Waals surface area contributed by atoms with Gasteiger partial charge in [-0.25, -0.2) is 0 Å². The monoisotopic (exact) mass is 340 g/mol. The van der Waals surface area contributed by atoms with E-state index in [4.69, 9.17) is 10.4 Å². The summed E-state index contributed by atoms with van der Waals surface area (Å²) in [5.74, 6) is 0. The standard InChI is InChI=1S/C18H20N4OS/c1-21-6-8-22(9-7-21)17-5-4-15-10-14(2-3-16(15)12-17)11-18(13-19)24(20)23/h2-5,10-12H,6-9,20H2,1H3/b18-11+. The Hall–Kier alpha value is -2.04. The van der Waals surface area contributed by atoms with Crippen LogP contribution in [0.2, 0.25) is 0 Å². The summed E-state index contributed by atoms with van der Waals surface area (Å²) in [6.07, 6.45) is 1.57. The zero-order valence-corrected chi connectivity index (χ0v) is 14.4. The van der Waals surface area contributed by atoms with Crippen LogP contribution in [0.5, 0.6) is 0 Å². The third-order valence-electron chi connectivity index (χ3n) is 4.34. The van der Waals surface area contributed by atoms with Crippen LogP contribution < -0.4 is 10.0 Å². The number of nitrogens with zero attached hydrogens (tertiary/aromatic N) is 3. The highest BCUT2D eigenvalue weighted by Gasteiger charge is 2.14.